The number of hydrogen-bond donors (Lipinski definition) is 1. The van der Waals surface area contributed by atoms with Crippen LogP contribution in [0.5, 0.6) is 5.75 Å². The van der Waals surface area contributed by atoms with Crippen molar-refractivity contribution in [2.45, 2.75) is 31.3 Å². The molecule has 0 saturated carbocycles. The molecule has 0 aromatic heterocycles. The predicted molar refractivity (Wildman–Crippen MR) is 149 cm³/mol. The van der Waals surface area contributed by atoms with Crippen LogP contribution in [0.1, 0.15) is 24.8 Å². The highest BCUT2D eigenvalue weighted by Gasteiger charge is 2.31. The van der Waals surface area contributed by atoms with E-state index >= 15 is 0 Å². The van der Waals surface area contributed by atoms with Crippen LogP contribution >= 0.6 is 0 Å². The quantitative estimate of drug-likeness (QED) is 0.561. The minimum atomic E-state index is -0.316. The lowest BCUT2D eigenvalue weighted by Crippen LogP contribution is -2.58. The summed E-state index contributed by atoms with van der Waals surface area (Å²) >= 11 is 0. The van der Waals surface area contributed by atoms with Crippen molar-refractivity contribution in [1.82, 2.24) is 19.6 Å². The molecule has 1 aromatic rings. The zero-order chi connectivity index (χ0) is 26.8. The third-order valence-corrected chi connectivity index (χ3v) is 7.70. The van der Waals surface area contributed by atoms with Crippen LogP contribution in [-0.4, -0.2) is 97.6 Å². The minimum absolute atomic E-state index is 0.0236. The summed E-state index contributed by atoms with van der Waals surface area (Å²) in [5.74, 6) is 3.06. The average Bonchev–Trinajstić information content (AvgIpc) is 2.89. The standard InChI is InChI=1S/C29H39FN6O2/c1-20-15-27-32-28(35-18-23(31)19-35)17-29(34(27)4)33(3)11-12-37-13-14-38-26-9-8-22(30)16-24(26)21(2)36-10-6-5-7-25(20)36/h8-9,15-17,23,25H,1-2,5-7,10-14,18-19,31H2,3-4H3/b27-15-. The smallest absolute Gasteiger partial charge is 0.136 e. The van der Waals surface area contributed by atoms with E-state index in [1.54, 1.807) is 6.07 Å². The van der Waals surface area contributed by atoms with Gasteiger partial charge in [-0.2, -0.15) is 0 Å². The van der Waals surface area contributed by atoms with Crippen molar-refractivity contribution in [3.05, 3.63) is 72.1 Å². The molecule has 2 N–H and O–H groups in total. The molecule has 38 heavy (non-hydrogen) atoms. The number of fused-ring (bicyclic) bond motifs is 4. The second-order valence-corrected chi connectivity index (χ2v) is 10.4. The van der Waals surface area contributed by atoms with Gasteiger partial charge in [-0.15, -0.1) is 0 Å². The zero-order valence-corrected chi connectivity index (χ0v) is 22.5. The van der Waals surface area contributed by atoms with Crippen molar-refractivity contribution < 1.29 is 13.9 Å². The molecule has 4 aliphatic heterocycles. The van der Waals surface area contributed by atoms with Crippen LogP contribution < -0.4 is 10.5 Å². The van der Waals surface area contributed by atoms with Gasteiger partial charge in [0.05, 0.1) is 19.3 Å². The number of ether oxygens (including phenoxy) is 2. The van der Waals surface area contributed by atoms with Crippen molar-refractivity contribution >= 4 is 11.5 Å². The fraction of sp³-hybridized carbons (Fsp3) is 0.483. The Labute approximate surface area is 225 Å². The second-order valence-electron chi connectivity index (χ2n) is 10.4. The molecule has 5 rings (SSSR count). The first-order valence-corrected chi connectivity index (χ1v) is 13.4. The zero-order valence-electron chi connectivity index (χ0n) is 22.5. The molecular formula is C29H39FN6O2. The monoisotopic (exact) mass is 522 g/mol. The van der Waals surface area contributed by atoms with Gasteiger partial charge in [-0.1, -0.05) is 13.2 Å². The summed E-state index contributed by atoms with van der Waals surface area (Å²) in [6.45, 7) is 13.3. The van der Waals surface area contributed by atoms with Gasteiger partial charge >= 0.3 is 0 Å². The van der Waals surface area contributed by atoms with Gasteiger partial charge in [0.15, 0.2) is 0 Å². The summed E-state index contributed by atoms with van der Waals surface area (Å²) < 4.78 is 26.3. The molecular weight excluding hydrogens is 483 g/mol. The van der Waals surface area contributed by atoms with E-state index in [0.29, 0.717) is 37.7 Å². The van der Waals surface area contributed by atoms with E-state index in [9.17, 15) is 4.39 Å². The molecule has 1 aromatic carbocycles. The maximum atomic E-state index is 14.4. The molecule has 9 heteroatoms. The molecule has 2 saturated heterocycles. The van der Waals surface area contributed by atoms with E-state index in [0.717, 1.165) is 67.6 Å². The van der Waals surface area contributed by atoms with Crippen LogP contribution in [-0.2, 0) is 4.74 Å². The number of aliphatic imine (C=N–C) groups is 1. The largest absolute Gasteiger partial charge is 0.490 e. The number of piperidine rings is 1. The third kappa shape index (κ3) is 5.44. The Bertz CT molecular complexity index is 1170. The Hall–Kier alpha value is -3.30. The third-order valence-electron chi connectivity index (χ3n) is 7.70. The first-order valence-electron chi connectivity index (χ1n) is 13.4. The lowest BCUT2D eigenvalue weighted by Gasteiger charge is -2.42. The number of nitrogens with two attached hydrogens (primary N) is 1. The summed E-state index contributed by atoms with van der Waals surface area (Å²) in [4.78, 5) is 13.7. The SMILES string of the molecule is C=C1/C=C2/N=C(N3CC(N)C3)C=C(N(C)CCOCCOc3ccc(F)cc3C(=C)N3CCCCC13)N2C. The van der Waals surface area contributed by atoms with E-state index in [4.69, 9.17) is 20.2 Å². The maximum Gasteiger partial charge on any atom is 0.136 e. The summed E-state index contributed by atoms with van der Waals surface area (Å²) in [6.07, 6.45) is 7.25. The number of rotatable bonds is 0. The fourth-order valence-electron chi connectivity index (χ4n) is 5.45. The average molecular weight is 523 g/mol. The van der Waals surface area contributed by atoms with Gasteiger partial charge in [-0.05, 0) is 49.1 Å². The number of amidine groups is 1. The van der Waals surface area contributed by atoms with E-state index < -0.39 is 0 Å². The van der Waals surface area contributed by atoms with Gasteiger partial charge in [0.1, 0.15) is 35.7 Å². The molecule has 204 valence electrons. The van der Waals surface area contributed by atoms with E-state index in [1.807, 2.05) is 7.05 Å². The first kappa shape index (κ1) is 26.3. The highest BCUT2D eigenvalue weighted by atomic mass is 19.1. The molecule has 2 fully saturated rings. The van der Waals surface area contributed by atoms with Crippen molar-refractivity contribution in [3.63, 3.8) is 0 Å². The molecule has 4 heterocycles. The number of hydrogen-bond acceptors (Lipinski definition) is 8. The number of halogens is 1. The van der Waals surface area contributed by atoms with Crippen LogP contribution in [0.3, 0.4) is 0 Å². The normalized spacial score (nSPS) is 25.3. The van der Waals surface area contributed by atoms with Crippen molar-refractivity contribution in [3.8, 4) is 5.75 Å². The lowest BCUT2D eigenvalue weighted by atomic mass is 9.93. The van der Waals surface area contributed by atoms with E-state index in [2.05, 4.69) is 52.0 Å². The number of likely N-dealkylation sites (N-methyl/N-ethyl adjacent to an activating group) is 1. The van der Waals surface area contributed by atoms with E-state index in [1.165, 1.54) is 12.1 Å². The van der Waals surface area contributed by atoms with Gasteiger partial charge in [-0.3, -0.25) is 0 Å². The summed E-state index contributed by atoms with van der Waals surface area (Å²) in [7, 11) is 4.09. The Morgan fingerprint density at radius 3 is 2.66 bits per heavy atom. The topological polar surface area (TPSA) is 69.8 Å². The molecule has 0 aliphatic carbocycles. The number of benzene rings is 1. The van der Waals surface area contributed by atoms with Crippen LogP contribution in [0.25, 0.3) is 5.70 Å². The molecule has 0 spiro atoms. The molecule has 8 nitrogen and oxygen atoms in total. The van der Waals surface area contributed by atoms with Crippen molar-refractivity contribution in [2.75, 3.05) is 60.1 Å². The van der Waals surface area contributed by atoms with Crippen molar-refractivity contribution in [1.29, 1.82) is 0 Å². The predicted octanol–water partition coefficient (Wildman–Crippen LogP) is 3.22. The molecule has 1 atom stereocenters. The van der Waals surface area contributed by atoms with E-state index in [-0.39, 0.29) is 17.9 Å². The Kier molecular flexibility index (Phi) is 7.76. The Balaban J connectivity index is 1.52. The Morgan fingerprint density at radius 1 is 1.05 bits per heavy atom. The molecule has 4 aliphatic rings. The highest BCUT2D eigenvalue weighted by molar-refractivity contribution is 5.95. The Morgan fingerprint density at radius 2 is 1.87 bits per heavy atom. The van der Waals surface area contributed by atoms with Crippen LogP contribution in [0.15, 0.2) is 65.7 Å². The fourth-order valence-corrected chi connectivity index (χ4v) is 5.45. The number of likely N-dealkylation sites (tertiary alicyclic amines) is 1. The number of nitrogens with zero attached hydrogens (tertiary/aromatic N) is 5. The van der Waals surface area contributed by atoms with Gasteiger partial charge in [0, 0.05) is 63.7 Å². The molecule has 0 radical (unpaired) electrons. The molecule has 0 amide bonds. The minimum Gasteiger partial charge on any atom is -0.490 e. The highest BCUT2D eigenvalue weighted by Crippen LogP contribution is 2.35. The van der Waals surface area contributed by atoms with Gasteiger partial charge < -0.3 is 34.8 Å². The van der Waals surface area contributed by atoms with Crippen molar-refractivity contribution in [2.24, 2.45) is 10.7 Å². The van der Waals surface area contributed by atoms with Crippen LogP contribution in [0.2, 0.25) is 0 Å². The summed E-state index contributed by atoms with van der Waals surface area (Å²) in [5, 5.41) is 0. The molecule has 1 unspecified atom stereocenters. The van der Waals surface area contributed by atoms with Crippen LogP contribution in [0, 0.1) is 5.82 Å². The van der Waals surface area contributed by atoms with Gasteiger partial charge in [-0.25, -0.2) is 9.38 Å². The molecule has 2 bridgehead atoms. The van der Waals surface area contributed by atoms with Gasteiger partial charge in [0.25, 0.3) is 0 Å². The summed E-state index contributed by atoms with van der Waals surface area (Å²) in [5.41, 5.74) is 8.43. The first-order chi connectivity index (χ1) is 18.3. The second kappa shape index (κ2) is 11.2. The van der Waals surface area contributed by atoms with Crippen LogP contribution in [0.4, 0.5) is 4.39 Å². The summed E-state index contributed by atoms with van der Waals surface area (Å²) in [6, 6.07) is 4.81. The van der Waals surface area contributed by atoms with Gasteiger partial charge in [0.2, 0.25) is 0 Å². The maximum absolute atomic E-state index is 14.4. The lowest BCUT2D eigenvalue weighted by molar-refractivity contribution is 0.0859.